The number of carbonyl (C=O) groups excluding carboxylic acids is 2. The lowest BCUT2D eigenvalue weighted by Gasteiger charge is -2.38. The summed E-state index contributed by atoms with van der Waals surface area (Å²) < 4.78 is 10.6. The van der Waals surface area contributed by atoms with E-state index in [0.29, 0.717) is 25.9 Å². The highest BCUT2D eigenvalue weighted by Gasteiger charge is 2.49. The maximum Gasteiger partial charge on any atom is 0.410 e. The van der Waals surface area contributed by atoms with Gasteiger partial charge in [0.2, 0.25) is 5.91 Å². The average Bonchev–Trinajstić information content (AvgIpc) is 2.78. The molecule has 0 radical (unpaired) electrons. The molecular formula is C18H24N2O4. The second-order valence-corrected chi connectivity index (χ2v) is 7.42. The summed E-state index contributed by atoms with van der Waals surface area (Å²) in [5, 5.41) is 2.96. The minimum atomic E-state index is -0.555. The van der Waals surface area contributed by atoms with Crippen LogP contribution < -0.4 is 10.1 Å². The average molecular weight is 332 g/mol. The molecule has 0 aliphatic carbocycles. The van der Waals surface area contributed by atoms with Crippen molar-refractivity contribution in [2.24, 2.45) is 0 Å². The van der Waals surface area contributed by atoms with Gasteiger partial charge in [-0.3, -0.25) is 4.79 Å². The van der Waals surface area contributed by atoms with Crippen LogP contribution in [0, 0.1) is 0 Å². The van der Waals surface area contributed by atoms with E-state index in [1.54, 1.807) is 12.0 Å². The van der Waals surface area contributed by atoms with Crippen LogP contribution >= 0.6 is 0 Å². The van der Waals surface area contributed by atoms with Crippen molar-refractivity contribution in [1.29, 1.82) is 0 Å². The van der Waals surface area contributed by atoms with Gasteiger partial charge in [-0.1, -0.05) is 6.07 Å². The topological polar surface area (TPSA) is 67.9 Å². The summed E-state index contributed by atoms with van der Waals surface area (Å²) in [7, 11) is 1.60. The molecule has 0 bridgehead atoms. The van der Waals surface area contributed by atoms with Crippen molar-refractivity contribution >= 4 is 17.7 Å². The molecule has 1 fully saturated rings. The van der Waals surface area contributed by atoms with Crippen molar-refractivity contribution in [3.63, 3.8) is 0 Å². The number of methoxy groups -OCH3 is 1. The molecular weight excluding hydrogens is 308 g/mol. The maximum absolute atomic E-state index is 12.6. The van der Waals surface area contributed by atoms with Crippen molar-refractivity contribution in [2.75, 3.05) is 25.5 Å². The molecule has 2 heterocycles. The lowest BCUT2D eigenvalue weighted by atomic mass is 9.74. The first kappa shape index (κ1) is 16.6. The number of amides is 2. The van der Waals surface area contributed by atoms with Crippen LogP contribution in [-0.2, 0) is 14.9 Å². The fourth-order valence-corrected chi connectivity index (χ4v) is 3.43. The monoisotopic (exact) mass is 332 g/mol. The third-order valence-electron chi connectivity index (χ3n) is 4.69. The van der Waals surface area contributed by atoms with Gasteiger partial charge in [-0.25, -0.2) is 4.79 Å². The maximum atomic E-state index is 12.6. The van der Waals surface area contributed by atoms with Crippen LogP contribution in [0.3, 0.4) is 0 Å². The summed E-state index contributed by atoms with van der Waals surface area (Å²) >= 11 is 0. The highest BCUT2D eigenvalue weighted by atomic mass is 16.6. The molecule has 0 saturated carbocycles. The standard InChI is InChI=1S/C18H24N2O4/c1-17(2,3)24-16(22)20-9-7-18(8-10-20)13-6-5-12(23-4)11-14(13)19-15(18)21/h5-6,11H,7-10H2,1-4H3,(H,19,21). The highest BCUT2D eigenvalue weighted by molar-refractivity contribution is 6.06. The lowest BCUT2D eigenvalue weighted by Crippen LogP contribution is -2.49. The van der Waals surface area contributed by atoms with Gasteiger partial charge < -0.3 is 19.7 Å². The predicted molar refractivity (Wildman–Crippen MR) is 90.3 cm³/mol. The Morgan fingerprint density at radius 1 is 1.25 bits per heavy atom. The largest absolute Gasteiger partial charge is 0.497 e. The van der Waals surface area contributed by atoms with E-state index in [1.165, 1.54) is 0 Å². The predicted octanol–water partition coefficient (Wildman–Crippen LogP) is 2.92. The molecule has 2 aliphatic heterocycles. The Labute approximate surface area is 142 Å². The minimum absolute atomic E-state index is 0.00888. The van der Waals surface area contributed by atoms with Crippen LogP contribution in [-0.4, -0.2) is 42.7 Å². The Morgan fingerprint density at radius 2 is 1.92 bits per heavy atom. The third-order valence-corrected chi connectivity index (χ3v) is 4.69. The number of benzene rings is 1. The Bertz CT molecular complexity index is 670. The zero-order valence-electron chi connectivity index (χ0n) is 14.6. The molecule has 2 amide bonds. The van der Waals surface area contributed by atoms with E-state index in [0.717, 1.165) is 17.0 Å². The zero-order valence-corrected chi connectivity index (χ0v) is 14.6. The molecule has 1 N–H and O–H groups in total. The van der Waals surface area contributed by atoms with Crippen molar-refractivity contribution in [3.8, 4) is 5.75 Å². The number of hydrogen-bond donors (Lipinski definition) is 1. The molecule has 0 aromatic heterocycles. The first-order chi connectivity index (χ1) is 11.2. The summed E-state index contributed by atoms with van der Waals surface area (Å²) in [6.45, 7) is 6.57. The summed E-state index contributed by atoms with van der Waals surface area (Å²) in [6, 6.07) is 5.68. The van der Waals surface area contributed by atoms with Crippen LogP contribution in [0.2, 0.25) is 0 Å². The molecule has 0 atom stereocenters. The smallest absolute Gasteiger partial charge is 0.410 e. The summed E-state index contributed by atoms with van der Waals surface area (Å²) in [4.78, 5) is 26.5. The van der Waals surface area contributed by atoms with Gasteiger partial charge in [0.25, 0.3) is 0 Å². The number of nitrogens with one attached hydrogen (secondary N) is 1. The fourth-order valence-electron chi connectivity index (χ4n) is 3.43. The summed E-state index contributed by atoms with van der Waals surface area (Å²) in [5.74, 6) is 0.729. The van der Waals surface area contributed by atoms with E-state index >= 15 is 0 Å². The molecule has 6 nitrogen and oxygen atoms in total. The van der Waals surface area contributed by atoms with Gasteiger partial charge in [0.05, 0.1) is 12.5 Å². The Morgan fingerprint density at radius 3 is 2.50 bits per heavy atom. The number of nitrogens with zero attached hydrogens (tertiary/aromatic N) is 1. The summed E-state index contributed by atoms with van der Waals surface area (Å²) in [6.07, 6.45) is 0.875. The summed E-state index contributed by atoms with van der Waals surface area (Å²) in [5.41, 5.74) is 0.738. The number of hydrogen-bond acceptors (Lipinski definition) is 4. The molecule has 2 aliphatic rings. The van der Waals surface area contributed by atoms with Crippen LogP contribution in [0.1, 0.15) is 39.2 Å². The van der Waals surface area contributed by atoms with Crippen LogP contribution in [0.5, 0.6) is 5.75 Å². The van der Waals surface area contributed by atoms with Gasteiger partial charge in [0.1, 0.15) is 11.4 Å². The van der Waals surface area contributed by atoms with E-state index in [1.807, 2.05) is 39.0 Å². The van der Waals surface area contributed by atoms with E-state index in [-0.39, 0.29) is 12.0 Å². The van der Waals surface area contributed by atoms with Crippen molar-refractivity contribution < 1.29 is 19.1 Å². The van der Waals surface area contributed by atoms with Gasteiger partial charge in [0, 0.05) is 24.8 Å². The number of anilines is 1. The van der Waals surface area contributed by atoms with Crippen LogP contribution in [0.25, 0.3) is 0 Å². The molecule has 3 rings (SSSR count). The van der Waals surface area contributed by atoms with Crippen molar-refractivity contribution in [3.05, 3.63) is 23.8 Å². The number of likely N-dealkylation sites (tertiary alicyclic amines) is 1. The number of ether oxygens (including phenoxy) is 2. The SMILES string of the molecule is COc1ccc2c(c1)NC(=O)C21CCN(C(=O)OC(C)(C)C)CC1. The molecule has 130 valence electrons. The fraction of sp³-hybridized carbons (Fsp3) is 0.556. The minimum Gasteiger partial charge on any atom is -0.497 e. The van der Waals surface area contributed by atoms with Crippen molar-refractivity contribution in [2.45, 2.75) is 44.6 Å². The third kappa shape index (κ3) is 2.81. The highest BCUT2D eigenvalue weighted by Crippen LogP contribution is 2.46. The van der Waals surface area contributed by atoms with E-state index in [2.05, 4.69) is 5.32 Å². The molecule has 0 unspecified atom stereocenters. The molecule has 1 aromatic rings. The van der Waals surface area contributed by atoms with E-state index in [4.69, 9.17) is 9.47 Å². The van der Waals surface area contributed by atoms with E-state index in [9.17, 15) is 9.59 Å². The molecule has 6 heteroatoms. The lowest BCUT2D eigenvalue weighted by molar-refractivity contribution is -0.122. The molecule has 1 saturated heterocycles. The van der Waals surface area contributed by atoms with E-state index < -0.39 is 11.0 Å². The normalized spacial score (nSPS) is 19.0. The Balaban J connectivity index is 1.77. The second kappa shape index (κ2) is 5.69. The number of fused-ring (bicyclic) bond motifs is 2. The second-order valence-electron chi connectivity index (χ2n) is 7.42. The van der Waals surface area contributed by atoms with Gasteiger partial charge >= 0.3 is 6.09 Å². The Kier molecular flexibility index (Phi) is 3.94. The molecule has 1 spiro atoms. The number of piperidine rings is 1. The van der Waals surface area contributed by atoms with Gasteiger partial charge in [-0.05, 0) is 45.2 Å². The van der Waals surface area contributed by atoms with Gasteiger partial charge in [-0.2, -0.15) is 0 Å². The quantitative estimate of drug-likeness (QED) is 0.858. The van der Waals surface area contributed by atoms with Gasteiger partial charge in [0.15, 0.2) is 0 Å². The van der Waals surface area contributed by atoms with Gasteiger partial charge in [-0.15, -0.1) is 0 Å². The van der Waals surface area contributed by atoms with Crippen LogP contribution in [0.15, 0.2) is 18.2 Å². The zero-order chi connectivity index (χ0) is 17.5. The molecule has 1 aromatic carbocycles. The van der Waals surface area contributed by atoms with Crippen LogP contribution in [0.4, 0.5) is 10.5 Å². The van der Waals surface area contributed by atoms with Crippen molar-refractivity contribution in [1.82, 2.24) is 4.90 Å². The first-order valence-corrected chi connectivity index (χ1v) is 8.23. The Hall–Kier alpha value is -2.24. The number of rotatable bonds is 1. The molecule has 24 heavy (non-hydrogen) atoms. The number of carbonyl (C=O) groups is 2. The first-order valence-electron chi connectivity index (χ1n) is 8.23.